The van der Waals surface area contributed by atoms with Crippen LogP contribution in [0.1, 0.15) is 141 Å². The van der Waals surface area contributed by atoms with Crippen molar-refractivity contribution in [2.24, 2.45) is 29.6 Å². The Labute approximate surface area is 258 Å². The first-order valence-corrected chi connectivity index (χ1v) is 19.6. The third-order valence-corrected chi connectivity index (χ3v) is 14.6. The number of hydrogen-bond donors (Lipinski definition) is 3. The summed E-state index contributed by atoms with van der Waals surface area (Å²) in [6, 6.07) is 4.41. The van der Waals surface area contributed by atoms with Crippen molar-refractivity contribution in [2.45, 2.75) is 184 Å². The molecule has 4 saturated heterocycles. The Morgan fingerprint density at radius 1 is 0.452 bits per heavy atom. The van der Waals surface area contributed by atoms with Gasteiger partial charge >= 0.3 is 0 Å². The fraction of sp³-hybridized carbons (Fsp3) is 1.00. The van der Waals surface area contributed by atoms with E-state index in [4.69, 9.17) is 0 Å². The van der Waals surface area contributed by atoms with E-state index in [1.807, 2.05) is 0 Å². The highest BCUT2D eigenvalue weighted by Gasteiger charge is 2.55. The zero-order valence-corrected chi connectivity index (χ0v) is 27.0. The van der Waals surface area contributed by atoms with E-state index in [-0.39, 0.29) is 0 Å². The van der Waals surface area contributed by atoms with Crippen molar-refractivity contribution in [3.8, 4) is 0 Å². The minimum atomic E-state index is 0.610. The van der Waals surface area contributed by atoms with Crippen LogP contribution in [0.3, 0.4) is 0 Å². The van der Waals surface area contributed by atoms with Crippen molar-refractivity contribution in [3.05, 3.63) is 0 Å². The summed E-state index contributed by atoms with van der Waals surface area (Å²) >= 11 is 0. The number of hydrogen-bond acceptors (Lipinski definition) is 5. The van der Waals surface area contributed by atoms with Crippen molar-refractivity contribution in [2.75, 3.05) is 19.6 Å². The molecule has 3 N–H and O–H groups in total. The van der Waals surface area contributed by atoms with Gasteiger partial charge in [-0.1, -0.05) is 38.5 Å². The molecule has 4 heterocycles. The van der Waals surface area contributed by atoms with Crippen LogP contribution in [-0.2, 0) is 0 Å². The molecule has 42 heavy (non-hydrogen) atoms. The summed E-state index contributed by atoms with van der Waals surface area (Å²) in [5, 5.41) is 11.8. The minimum absolute atomic E-state index is 0.610. The Morgan fingerprint density at radius 2 is 1.12 bits per heavy atom. The molecule has 8 fully saturated rings. The van der Waals surface area contributed by atoms with Crippen LogP contribution in [0.2, 0.25) is 0 Å². The maximum Gasteiger partial charge on any atom is 0.0634 e. The lowest BCUT2D eigenvalue weighted by atomic mass is 9.67. The molecular weight excluding hydrogens is 514 g/mol. The molecule has 0 bridgehead atoms. The maximum absolute atomic E-state index is 4.16. The maximum atomic E-state index is 4.16. The monoisotopic (exact) mass is 580 g/mol. The molecule has 8 rings (SSSR count). The Hall–Kier alpha value is -0.200. The number of rotatable bonds is 5. The van der Waals surface area contributed by atoms with E-state index in [1.54, 1.807) is 0 Å². The van der Waals surface area contributed by atoms with E-state index >= 15 is 0 Å². The number of nitrogens with one attached hydrogen (secondary N) is 3. The molecule has 0 spiro atoms. The first-order valence-electron chi connectivity index (χ1n) is 19.6. The standard InChI is InChI=1S/C37H65N5/c1-3-9-27(10-4-1)41(28-11-5-2-6-12-28)30-19-20-35-34(25-30)33-14-8-23-40-37(33)42(35)29-17-15-26(16-18-29)31-21-24-39-36-32(31)13-7-22-38-36/h26-40H,1-25H2. The highest BCUT2D eigenvalue weighted by Crippen LogP contribution is 2.51. The summed E-state index contributed by atoms with van der Waals surface area (Å²) in [4.78, 5) is 6.42. The highest BCUT2D eigenvalue weighted by molar-refractivity contribution is 5.08. The molecule has 4 saturated carbocycles. The Morgan fingerprint density at radius 3 is 1.86 bits per heavy atom. The predicted octanol–water partition coefficient (Wildman–Crippen LogP) is 6.63. The zero-order chi connectivity index (χ0) is 27.9. The van der Waals surface area contributed by atoms with Crippen LogP contribution in [0.15, 0.2) is 0 Å². The van der Waals surface area contributed by atoms with Crippen molar-refractivity contribution in [3.63, 3.8) is 0 Å². The van der Waals surface area contributed by atoms with Crippen LogP contribution >= 0.6 is 0 Å². The second-order valence-corrected chi connectivity index (χ2v) is 16.6. The van der Waals surface area contributed by atoms with Gasteiger partial charge in [-0.25, -0.2) is 0 Å². The number of likely N-dealkylation sites (tertiary alicyclic amines) is 1. The minimum Gasteiger partial charge on any atom is -0.302 e. The van der Waals surface area contributed by atoms with Crippen molar-refractivity contribution in [1.82, 2.24) is 25.8 Å². The number of nitrogens with zero attached hydrogens (tertiary/aromatic N) is 2. The Kier molecular flexibility index (Phi) is 9.23. The van der Waals surface area contributed by atoms with E-state index in [0.29, 0.717) is 12.3 Å². The number of piperidine rings is 3. The van der Waals surface area contributed by atoms with E-state index in [1.165, 1.54) is 161 Å². The van der Waals surface area contributed by atoms with Gasteiger partial charge in [0.15, 0.2) is 0 Å². The van der Waals surface area contributed by atoms with E-state index in [0.717, 1.165) is 59.8 Å². The molecule has 5 nitrogen and oxygen atoms in total. The molecule has 8 aliphatic rings. The van der Waals surface area contributed by atoms with Gasteiger partial charge in [-0.3, -0.25) is 9.80 Å². The molecule has 0 radical (unpaired) electrons. The smallest absolute Gasteiger partial charge is 0.0634 e. The van der Waals surface area contributed by atoms with Crippen molar-refractivity contribution in [1.29, 1.82) is 0 Å². The summed E-state index contributed by atoms with van der Waals surface area (Å²) in [6.07, 6.45) is 33.9. The molecule has 8 unspecified atom stereocenters. The fourth-order valence-electron chi connectivity index (χ4n) is 12.9. The van der Waals surface area contributed by atoms with Crippen LogP contribution in [-0.4, -0.2) is 72.0 Å². The molecule has 4 aliphatic heterocycles. The van der Waals surface area contributed by atoms with Gasteiger partial charge in [-0.05, 0) is 152 Å². The molecular formula is C37H65N5. The van der Waals surface area contributed by atoms with Crippen LogP contribution in [0.5, 0.6) is 0 Å². The van der Waals surface area contributed by atoms with E-state index in [9.17, 15) is 0 Å². The second-order valence-electron chi connectivity index (χ2n) is 16.6. The number of fused-ring (bicyclic) bond motifs is 4. The predicted molar refractivity (Wildman–Crippen MR) is 173 cm³/mol. The summed E-state index contributed by atoms with van der Waals surface area (Å²) in [6.45, 7) is 3.72. The van der Waals surface area contributed by atoms with Gasteiger partial charge < -0.3 is 16.0 Å². The first-order chi connectivity index (χ1) is 20.8. The SMILES string of the molecule is C1CCC(N(C2CCCCC2)C2CCC3C(C2)C2CCCNC2N3C2CCC(C3CCNC4NCCCC43)CC2)CC1. The van der Waals surface area contributed by atoms with Gasteiger partial charge in [-0.2, -0.15) is 0 Å². The van der Waals surface area contributed by atoms with Crippen molar-refractivity contribution >= 4 is 0 Å². The van der Waals surface area contributed by atoms with Gasteiger partial charge in [0, 0.05) is 30.2 Å². The summed E-state index contributed by atoms with van der Waals surface area (Å²) < 4.78 is 0. The molecule has 5 heteroatoms. The molecule has 0 aromatic heterocycles. The van der Waals surface area contributed by atoms with Crippen molar-refractivity contribution < 1.29 is 0 Å². The lowest BCUT2D eigenvalue weighted by Crippen LogP contribution is -2.58. The van der Waals surface area contributed by atoms with Crippen LogP contribution in [0.25, 0.3) is 0 Å². The third-order valence-electron chi connectivity index (χ3n) is 14.6. The van der Waals surface area contributed by atoms with Gasteiger partial charge in [0.1, 0.15) is 0 Å². The van der Waals surface area contributed by atoms with Gasteiger partial charge in [0.25, 0.3) is 0 Å². The van der Waals surface area contributed by atoms with Crippen LogP contribution in [0.4, 0.5) is 0 Å². The fourth-order valence-corrected chi connectivity index (χ4v) is 12.9. The summed E-state index contributed by atoms with van der Waals surface area (Å²) in [5.41, 5.74) is 0. The Balaban J connectivity index is 0.959. The molecule has 4 aliphatic carbocycles. The average Bonchev–Trinajstić information content (AvgIpc) is 3.39. The highest BCUT2D eigenvalue weighted by atomic mass is 15.4. The lowest BCUT2D eigenvalue weighted by Gasteiger charge is -2.51. The molecule has 0 aromatic carbocycles. The normalized spacial score (nSPS) is 46.2. The molecule has 0 aromatic rings. The van der Waals surface area contributed by atoms with E-state index < -0.39 is 0 Å². The van der Waals surface area contributed by atoms with E-state index in [2.05, 4.69) is 25.8 Å². The largest absolute Gasteiger partial charge is 0.302 e. The quantitative estimate of drug-likeness (QED) is 0.341. The molecule has 0 amide bonds. The van der Waals surface area contributed by atoms with Crippen LogP contribution < -0.4 is 16.0 Å². The van der Waals surface area contributed by atoms with Gasteiger partial charge in [0.2, 0.25) is 0 Å². The van der Waals surface area contributed by atoms with Gasteiger partial charge in [-0.15, -0.1) is 0 Å². The lowest BCUT2D eigenvalue weighted by molar-refractivity contribution is -0.0116. The van der Waals surface area contributed by atoms with Crippen LogP contribution in [0, 0.1) is 29.6 Å². The Bertz CT molecular complexity index is 840. The third kappa shape index (κ3) is 5.67. The first kappa shape index (κ1) is 29.2. The average molecular weight is 580 g/mol. The topological polar surface area (TPSA) is 42.6 Å². The zero-order valence-electron chi connectivity index (χ0n) is 27.0. The molecule has 238 valence electrons. The van der Waals surface area contributed by atoms with Gasteiger partial charge in [0.05, 0.1) is 12.3 Å². The summed E-state index contributed by atoms with van der Waals surface area (Å²) in [5.74, 6) is 4.72. The molecule has 8 atom stereocenters. The second kappa shape index (κ2) is 13.3. The summed E-state index contributed by atoms with van der Waals surface area (Å²) in [7, 11) is 0.